The monoisotopic (exact) mass is 340 g/mol. The molecule has 2 fully saturated rings. The number of amides is 1. The molecule has 1 aromatic carbocycles. The highest BCUT2D eigenvalue weighted by molar-refractivity contribution is 9.10. The van der Waals surface area contributed by atoms with Crippen LogP contribution in [0.3, 0.4) is 0 Å². The molecule has 6 nitrogen and oxygen atoms in total. The van der Waals surface area contributed by atoms with Gasteiger partial charge in [0.1, 0.15) is 0 Å². The lowest BCUT2D eigenvalue weighted by Crippen LogP contribution is -2.41. The third-order valence-electron chi connectivity index (χ3n) is 3.83. The second kappa shape index (κ2) is 5.14. The molecule has 3 atom stereocenters. The Hall–Kier alpha value is -1.47. The maximum Gasteiger partial charge on any atom is 0.284 e. The van der Waals surface area contributed by atoms with E-state index in [-0.39, 0.29) is 29.8 Å². The van der Waals surface area contributed by atoms with Crippen LogP contribution in [0.15, 0.2) is 22.7 Å². The molecule has 1 amide bonds. The summed E-state index contributed by atoms with van der Waals surface area (Å²) >= 11 is 3.10. The van der Waals surface area contributed by atoms with E-state index in [2.05, 4.69) is 21.2 Å². The van der Waals surface area contributed by atoms with Crippen molar-refractivity contribution in [2.45, 2.75) is 37.5 Å². The molecule has 0 aromatic heterocycles. The van der Waals surface area contributed by atoms with Gasteiger partial charge in [-0.15, -0.1) is 0 Å². The molecule has 2 bridgehead atoms. The van der Waals surface area contributed by atoms with Crippen LogP contribution < -0.4 is 5.32 Å². The lowest BCUT2D eigenvalue weighted by atomic mass is 9.95. The SMILES string of the molecule is O=C(NC1CC2CCC1O2)c1ccc(Br)c([N+](=O)[O-])c1. The van der Waals surface area contributed by atoms with E-state index >= 15 is 0 Å². The molecule has 20 heavy (non-hydrogen) atoms. The molecule has 2 heterocycles. The van der Waals surface area contributed by atoms with Gasteiger partial charge in [-0.2, -0.15) is 0 Å². The average molecular weight is 341 g/mol. The molecule has 3 rings (SSSR count). The number of benzene rings is 1. The number of carbonyl (C=O) groups excluding carboxylic acids is 1. The second-order valence-electron chi connectivity index (χ2n) is 5.11. The Bertz CT molecular complexity index is 577. The summed E-state index contributed by atoms with van der Waals surface area (Å²) in [6, 6.07) is 4.39. The Kier molecular flexibility index (Phi) is 3.47. The second-order valence-corrected chi connectivity index (χ2v) is 5.97. The van der Waals surface area contributed by atoms with Gasteiger partial charge in [0.05, 0.1) is 27.6 Å². The highest BCUT2D eigenvalue weighted by Crippen LogP contribution is 2.34. The minimum absolute atomic E-state index is 0.0175. The Morgan fingerprint density at radius 1 is 1.45 bits per heavy atom. The van der Waals surface area contributed by atoms with Gasteiger partial charge >= 0.3 is 0 Å². The molecule has 2 saturated heterocycles. The van der Waals surface area contributed by atoms with Crippen LogP contribution in [0, 0.1) is 10.1 Å². The number of rotatable bonds is 3. The van der Waals surface area contributed by atoms with Crippen LogP contribution in [0.2, 0.25) is 0 Å². The van der Waals surface area contributed by atoms with E-state index in [9.17, 15) is 14.9 Å². The number of nitrogens with one attached hydrogen (secondary N) is 1. The Morgan fingerprint density at radius 2 is 2.25 bits per heavy atom. The number of carbonyl (C=O) groups is 1. The smallest absolute Gasteiger partial charge is 0.284 e. The standard InChI is InChI=1S/C13H13BrN2O4/c14-9-3-1-7(5-11(9)16(18)19)13(17)15-10-6-8-2-4-12(10)20-8/h1,3,5,8,10,12H,2,4,6H2,(H,15,17). The molecule has 2 aliphatic rings. The zero-order valence-corrected chi connectivity index (χ0v) is 12.1. The molecule has 3 unspecified atom stereocenters. The summed E-state index contributed by atoms with van der Waals surface area (Å²) in [5.41, 5.74) is 0.185. The van der Waals surface area contributed by atoms with E-state index in [0.717, 1.165) is 19.3 Å². The van der Waals surface area contributed by atoms with Crippen LogP contribution in [0.4, 0.5) is 5.69 Å². The summed E-state index contributed by atoms with van der Waals surface area (Å²) < 4.78 is 6.04. The third-order valence-corrected chi connectivity index (χ3v) is 4.50. The van der Waals surface area contributed by atoms with Crippen LogP contribution in [-0.4, -0.2) is 29.1 Å². The summed E-state index contributed by atoms with van der Waals surface area (Å²) in [5, 5.41) is 13.8. The fourth-order valence-corrected chi connectivity index (χ4v) is 3.23. The molecular weight excluding hydrogens is 328 g/mol. The summed E-state index contributed by atoms with van der Waals surface area (Å²) in [7, 11) is 0. The van der Waals surface area contributed by atoms with Gasteiger partial charge in [0, 0.05) is 11.6 Å². The van der Waals surface area contributed by atoms with E-state index < -0.39 is 4.92 Å². The van der Waals surface area contributed by atoms with Gasteiger partial charge in [0.25, 0.3) is 11.6 Å². The van der Waals surface area contributed by atoms with E-state index in [1.807, 2.05) is 0 Å². The zero-order valence-electron chi connectivity index (χ0n) is 10.5. The number of nitro groups is 1. The van der Waals surface area contributed by atoms with Gasteiger partial charge in [-0.05, 0) is 47.3 Å². The first kappa shape index (κ1) is 13.5. The maximum atomic E-state index is 12.2. The lowest BCUT2D eigenvalue weighted by molar-refractivity contribution is -0.385. The number of nitrogens with zero attached hydrogens (tertiary/aromatic N) is 1. The van der Waals surface area contributed by atoms with E-state index in [0.29, 0.717) is 10.0 Å². The van der Waals surface area contributed by atoms with Crippen LogP contribution >= 0.6 is 15.9 Å². The predicted octanol–water partition coefficient (Wildman–Crippen LogP) is 2.41. The summed E-state index contributed by atoms with van der Waals surface area (Å²) in [4.78, 5) is 22.5. The van der Waals surface area contributed by atoms with Crippen molar-refractivity contribution in [3.63, 3.8) is 0 Å². The maximum absolute atomic E-state index is 12.2. The van der Waals surface area contributed by atoms with Crippen molar-refractivity contribution < 1.29 is 14.5 Å². The number of fused-ring (bicyclic) bond motifs is 2. The molecule has 0 aliphatic carbocycles. The third kappa shape index (κ3) is 2.43. The highest BCUT2D eigenvalue weighted by atomic mass is 79.9. The topological polar surface area (TPSA) is 81.5 Å². The lowest BCUT2D eigenvalue weighted by Gasteiger charge is -2.20. The van der Waals surface area contributed by atoms with Crippen LogP contribution in [0.25, 0.3) is 0 Å². The van der Waals surface area contributed by atoms with Gasteiger partial charge in [-0.25, -0.2) is 0 Å². The molecule has 7 heteroatoms. The van der Waals surface area contributed by atoms with E-state index in [4.69, 9.17) is 4.74 Å². The van der Waals surface area contributed by atoms with Gasteiger partial charge in [-0.1, -0.05) is 0 Å². The van der Waals surface area contributed by atoms with Crippen molar-refractivity contribution in [1.29, 1.82) is 0 Å². The number of hydrogen-bond donors (Lipinski definition) is 1. The zero-order chi connectivity index (χ0) is 14.3. The molecule has 1 aromatic rings. The van der Waals surface area contributed by atoms with Crippen molar-refractivity contribution in [1.82, 2.24) is 5.32 Å². The first-order valence-corrected chi connectivity index (χ1v) is 7.24. The van der Waals surface area contributed by atoms with Gasteiger partial charge < -0.3 is 10.1 Å². The fourth-order valence-electron chi connectivity index (χ4n) is 2.84. The molecule has 106 valence electrons. The van der Waals surface area contributed by atoms with Crippen molar-refractivity contribution in [2.75, 3.05) is 0 Å². The highest BCUT2D eigenvalue weighted by Gasteiger charge is 2.41. The van der Waals surface area contributed by atoms with Crippen LogP contribution in [-0.2, 0) is 4.74 Å². The summed E-state index contributed by atoms with van der Waals surface area (Å²) in [5.74, 6) is -0.290. The van der Waals surface area contributed by atoms with Crippen molar-refractivity contribution in [3.05, 3.63) is 38.3 Å². The predicted molar refractivity (Wildman–Crippen MR) is 74.6 cm³/mol. The quantitative estimate of drug-likeness (QED) is 0.676. The normalized spacial score (nSPS) is 27.6. The minimum atomic E-state index is -0.512. The Labute approximate surface area is 123 Å². The van der Waals surface area contributed by atoms with E-state index in [1.54, 1.807) is 6.07 Å². The molecule has 1 N–H and O–H groups in total. The van der Waals surface area contributed by atoms with Crippen molar-refractivity contribution >= 4 is 27.5 Å². The number of hydrogen-bond acceptors (Lipinski definition) is 4. The summed E-state index contributed by atoms with van der Waals surface area (Å²) in [6.45, 7) is 0. The fraction of sp³-hybridized carbons (Fsp3) is 0.462. The molecule has 0 spiro atoms. The Balaban J connectivity index is 1.74. The first-order valence-electron chi connectivity index (χ1n) is 6.45. The van der Waals surface area contributed by atoms with Crippen LogP contribution in [0.5, 0.6) is 0 Å². The van der Waals surface area contributed by atoms with Gasteiger partial charge in [0.2, 0.25) is 0 Å². The first-order chi connectivity index (χ1) is 9.54. The number of nitro benzene ring substituents is 1. The largest absolute Gasteiger partial charge is 0.373 e. The molecule has 0 saturated carbocycles. The Morgan fingerprint density at radius 3 is 2.85 bits per heavy atom. The van der Waals surface area contributed by atoms with Crippen molar-refractivity contribution in [3.8, 4) is 0 Å². The molecule has 0 radical (unpaired) electrons. The minimum Gasteiger partial charge on any atom is -0.373 e. The number of ether oxygens (including phenoxy) is 1. The van der Waals surface area contributed by atoms with E-state index in [1.165, 1.54) is 12.1 Å². The average Bonchev–Trinajstić information content (AvgIpc) is 3.01. The van der Waals surface area contributed by atoms with Gasteiger partial charge in [0.15, 0.2) is 0 Å². The van der Waals surface area contributed by atoms with Crippen LogP contribution in [0.1, 0.15) is 29.6 Å². The van der Waals surface area contributed by atoms with Crippen molar-refractivity contribution in [2.24, 2.45) is 0 Å². The van der Waals surface area contributed by atoms with Gasteiger partial charge in [-0.3, -0.25) is 14.9 Å². The number of halogens is 1. The summed E-state index contributed by atoms with van der Waals surface area (Å²) in [6.07, 6.45) is 3.20. The molecular formula is C13H13BrN2O4. The molecule has 2 aliphatic heterocycles.